The maximum Gasteiger partial charge on any atom is 0 e. The van der Waals surface area contributed by atoms with Crippen molar-refractivity contribution in [2.45, 2.75) is 0 Å². The molecule has 0 aromatic carbocycles. The molecular formula is H2BaCuOYb. The third-order valence-electron chi connectivity index (χ3n) is 0. The molecule has 0 spiro atoms. The van der Waals surface area contributed by atoms with Gasteiger partial charge in [-0.25, -0.2) is 0 Å². The van der Waals surface area contributed by atoms with E-state index in [0.29, 0.717) is 0 Å². The van der Waals surface area contributed by atoms with Crippen LogP contribution in [0.2, 0.25) is 0 Å². The van der Waals surface area contributed by atoms with Crippen LogP contribution in [-0.2, 0) is 19.8 Å². The quantitative estimate of drug-likeness (QED) is 0.519. The standard InChI is InChI=1S/Ba.Cu.O.Yb.2H/q+2;;;;2*-1. The number of rotatable bonds is 0. The molecule has 0 aromatic heterocycles. The van der Waals surface area contributed by atoms with E-state index < -0.39 is 0 Å². The largest absolute Gasteiger partial charge is 0 e. The van der Waals surface area contributed by atoms with Crippen LogP contribution in [0.4, 0.5) is 0 Å². The van der Waals surface area contributed by atoms with Gasteiger partial charge in [-0.1, -0.05) is 0 Å². The molecule has 0 aliphatic carbocycles. The molecule has 0 saturated heterocycles. The van der Waals surface area contributed by atoms with Crippen LogP contribution in [0.25, 0.3) is 0 Å². The van der Waals surface area contributed by atoms with E-state index in [-0.39, 0.29) is 98.7 Å². The Morgan fingerprint density at radius 2 is 1.50 bits per heavy atom. The van der Waals surface area contributed by atoms with Crippen molar-refractivity contribution in [3.8, 4) is 0 Å². The third-order valence-corrected chi connectivity index (χ3v) is 0. The van der Waals surface area contributed by atoms with Gasteiger partial charge in [0.1, 0.15) is 0 Å². The Bertz CT molecular complexity index is 13.5. The molecular weight excluding hydrogens is 390 g/mol. The van der Waals surface area contributed by atoms with Crippen molar-refractivity contribution in [2.75, 3.05) is 0 Å². The fraction of sp³-hybridized carbons (Fsp3) is 0. The SMILES string of the molecule is [Ba+2].[H-].[H-].[O]=[Cu].[Yb]. The average molecular weight is 392 g/mol. The second-order valence-electron chi connectivity index (χ2n) is 0. The monoisotopic (exact) mass is 393 g/mol. The molecule has 0 N–H and O–H groups in total. The number of hydrogen-bond donors (Lipinski definition) is 0. The first kappa shape index (κ1) is 15.7. The van der Waals surface area contributed by atoms with Crippen molar-refractivity contribution in [3.05, 3.63) is 0 Å². The molecule has 0 aliphatic heterocycles. The van der Waals surface area contributed by atoms with E-state index in [1.807, 2.05) is 0 Å². The summed E-state index contributed by atoms with van der Waals surface area (Å²) in [6.45, 7) is 0. The molecule has 0 amide bonds. The van der Waals surface area contributed by atoms with Crippen molar-refractivity contribution < 1.29 is 69.6 Å². The Morgan fingerprint density at radius 1 is 1.50 bits per heavy atom. The normalized spacial score (nSPS) is 1.50. The fourth-order valence-corrected chi connectivity index (χ4v) is 0. The van der Waals surface area contributed by atoms with E-state index in [2.05, 4.69) is 15.9 Å². The molecule has 0 fully saturated rings. The Kier molecular flexibility index (Phi) is 63.1. The van der Waals surface area contributed by atoms with Crippen molar-refractivity contribution in [3.63, 3.8) is 0 Å². The zero-order valence-electron chi connectivity index (χ0n) is 3.68. The summed E-state index contributed by atoms with van der Waals surface area (Å²) in [6.07, 6.45) is 0. The molecule has 0 atom stereocenters. The van der Waals surface area contributed by atoms with Crippen molar-refractivity contribution in [1.82, 2.24) is 0 Å². The minimum atomic E-state index is 0. The van der Waals surface area contributed by atoms with Crippen LogP contribution in [0.15, 0.2) is 0 Å². The molecule has 4 heteroatoms. The van der Waals surface area contributed by atoms with Gasteiger partial charge in [0.25, 0.3) is 0 Å². The Hall–Kier alpha value is 3.41. The minimum absolute atomic E-state index is 0. The van der Waals surface area contributed by atoms with E-state index in [4.69, 9.17) is 3.83 Å². The molecule has 0 unspecified atom stereocenters. The molecule has 0 saturated carbocycles. The Labute approximate surface area is 115 Å². The maximum absolute atomic E-state index is 7.81. The predicted octanol–water partition coefficient (Wildman–Crippen LogP) is -0.277. The van der Waals surface area contributed by atoms with Gasteiger partial charge in [0.15, 0.2) is 0 Å². The van der Waals surface area contributed by atoms with Crippen LogP contribution in [0, 0.1) is 46.9 Å². The zero-order chi connectivity index (χ0) is 2.00. The second kappa shape index (κ2) is 16.1. The first-order valence-electron chi connectivity index (χ1n) is 0.123. The smallest absolute Gasteiger partial charge is 0 e. The molecule has 0 rings (SSSR count). The maximum atomic E-state index is 7.81. The van der Waals surface area contributed by atoms with Gasteiger partial charge < -0.3 is 2.85 Å². The summed E-state index contributed by atoms with van der Waals surface area (Å²) in [5, 5.41) is 0. The van der Waals surface area contributed by atoms with Gasteiger partial charge >= 0.3 is 68.7 Å². The summed E-state index contributed by atoms with van der Waals surface area (Å²) in [5.74, 6) is 0. The van der Waals surface area contributed by atoms with E-state index in [1.165, 1.54) is 0 Å². The Balaban J connectivity index is -0.000000000833. The van der Waals surface area contributed by atoms with E-state index in [1.54, 1.807) is 0 Å². The van der Waals surface area contributed by atoms with Gasteiger partial charge in [0.2, 0.25) is 0 Å². The van der Waals surface area contributed by atoms with Gasteiger partial charge in [0.05, 0.1) is 0 Å². The molecule has 1 nitrogen and oxygen atoms in total. The first-order valence-corrected chi connectivity index (χ1v) is 0.508. The molecule has 0 heterocycles. The van der Waals surface area contributed by atoms with Crippen LogP contribution >= 0.6 is 0 Å². The first-order chi connectivity index (χ1) is 1.00. The molecule has 35 valence electrons. The third kappa shape index (κ3) is 9.05. The summed E-state index contributed by atoms with van der Waals surface area (Å²) in [6, 6.07) is 0. The molecule has 4 heavy (non-hydrogen) atoms. The molecule has 0 bridgehead atoms. The number of hydrogen-bond acceptors (Lipinski definition) is 1. The van der Waals surface area contributed by atoms with Crippen LogP contribution in [0.1, 0.15) is 2.85 Å². The Morgan fingerprint density at radius 3 is 1.50 bits per heavy atom. The summed E-state index contributed by atoms with van der Waals surface area (Å²) in [5.41, 5.74) is 0. The van der Waals surface area contributed by atoms with Crippen LogP contribution in [0.3, 0.4) is 0 Å². The van der Waals surface area contributed by atoms with E-state index >= 15 is 0 Å². The van der Waals surface area contributed by atoms with Gasteiger partial charge in [-0.15, -0.1) is 0 Å². The summed E-state index contributed by atoms with van der Waals surface area (Å²) in [4.78, 5) is 0. The van der Waals surface area contributed by atoms with E-state index in [9.17, 15) is 0 Å². The second-order valence-corrected chi connectivity index (χ2v) is 0. The molecule has 0 aliphatic rings. The summed E-state index contributed by atoms with van der Waals surface area (Å²) in [7, 11) is 0. The molecule has 0 radical (unpaired) electrons. The predicted molar refractivity (Wildman–Crippen MR) is 8.66 cm³/mol. The van der Waals surface area contributed by atoms with Gasteiger partial charge in [-0.05, 0) is 0 Å². The topological polar surface area (TPSA) is 17.1 Å². The minimum Gasteiger partial charge on any atom is 0 e. The van der Waals surface area contributed by atoms with E-state index in [0.717, 1.165) is 0 Å². The van der Waals surface area contributed by atoms with Crippen LogP contribution < -0.4 is 0 Å². The van der Waals surface area contributed by atoms with Crippen LogP contribution in [0.5, 0.6) is 0 Å². The van der Waals surface area contributed by atoms with Crippen molar-refractivity contribution in [2.24, 2.45) is 0 Å². The average Bonchev–Trinajstić information content (AvgIpc) is 1.00. The van der Waals surface area contributed by atoms with Gasteiger partial charge in [-0.3, -0.25) is 0 Å². The van der Waals surface area contributed by atoms with Crippen molar-refractivity contribution >= 4 is 48.9 Å². The summed E-state index contributed by atoms with van der Waals surface area (Å²) >= 11 is 2.94. The fourth-order valence-electron chi connectivity index (χ4n) is 0. The van der Waals surface area contributed by atoms with Crippen molar-refractivity contribution in [1.29, 1.82) is 0 Å². The molecule has 0 aromatic rings. The van der Waals surface area contributed by atoms with Gasteiger partial charge in [0, 0.05) is 46.9 Å². The van der Waals surface area contributed by atoms with Crippen LogP contribution in [-0.4, -0.2) is 48.9 Å². The van der Waals surface area contributed by atoms with Gasteiger partial charge in [-0.2, -0.15) is 0 Å². The zero-order valence-corrected chi connectivity index (χ0v) is 8.78. The summed E-state index contributed by atoms with van der Waals surface area (Å²) < 4.78 is 7.81.